The van der Waals surface area contributed by atoms with E-state index in [1.165, 1.54) is 10.6 Å². The average molecular weight is 594 g/mol. The van der Waals surface area contributed by atoms with Crippen molar-refractivity contribution in [1.29, 1.82) is 0 Å². The van der Waals surface area contributed by atoms with Crippen LogP contribution in [0.25, 0.3) is 22.3 Å². The smallest absolute Gasteiger partial charge is 0.358 e. The average Bonchev–Trinajstić information content (AvgIpc) is 3.50. The lowest BCUT2D eigenvalue weighted by atomic mass is 9.81. The lowest BCUT2D eigenvalue weighted by Gasteiger charge is -2.31. The van der Waals surface area contributed by atoms with Gasteiger partial charge in [-0.25, -0.2) is 19.0 Å². The first-order chi connectivity index (χ1) is 20.5. The van der Waals surface area contributed by atoms with Crippen LogP contribution < -0.4 is 10.9 Å². The van der Waals surface area contributed by atoms with Gasteiger partial charge in [-0.05, 0) is 48.9 Å². The molecule has 0 radical (unpaired) electrons. The molecule has 12 nitrogen and oxygen atoms in total. The third-order valence-corrected chi connectivity index (χ3v) is 9.20. The summed E-state index contributed by atoms with van der Waals surface area (Å²) in [5.74, 6) is -2.75. The third kappa shape index (κ3) is 3.65. The Labute approximate surface area is 243 Å². The number of carbonyl (C=O) groups is 2. The maximum atomic E-state index is 15.1. The van der Waals surface area contributed by atoms with Crippen LogP contribution in [0, 0.1) is 12.7 Å². The lowest BCUT2D eigenvalue weighted by molar-refractivity contribution is -0.172. The van der Waals surface area contributed by atoms with E-state index in [1.807, 2.05) is 0 Å². The Morgan fingerprint density at radius 1 is 1.23 bits per heavy atom. The van der Waals surface area contributed by atoms with Gasteiger partial charge in [0.15, 0.2) is 23.2 Å². The van der Waals surface area contributed by atoms with Crippen molar-refractivity contribution in [3.05, 3.63) is 73.1 Å². The molecule has 3 aliphatic heterocycles. The van der Waals surface area contributed by atoms with Gasteiger partial charge in [0.2, 0.25) is 0 Å². The molecule has 7 rings (SSSR count). The van der Waals surface area contributed by atoms with Crippen LogP contribution in [-0.2, 0) is 44.2 Å². The number of aliphatic hydroxyl groups excluding tert-OH is 3. The minimum atomic E-state index is -2.01. The van der Waals surface area contributed by atoms with E-state index < -0.39 is 59.5 Å². The van der Waals surface area contributed by atoms with Crippen LogP contribution in [0.3, 0.4) is 0 Å². The van der Waals surface area contributed by atoms with Gasteiger partial charge in [0, 0.05) is 22.6 Å². The predicted octanol–water partition coefficient (Wildman–Crippen LogP) is 1.15. The zero-order valence-corrected chi connectivity index (χ0v) is 23.2. The van der Waals surface area contributed by atoms with Gasteiger partial charge in [0.1, 0.15) is 18.5 Å². The second-order valence-electron chi connectivity index (χ2n) is 11.4. The number of fused-ring (bicyclic) bond motifs is 5. The van der Waals surface area contributed by atoms with Crippen molar-refractivity contribution in [1.82, 2.24) is 14.9 Å². The maximum Gasteiger partial charge on any atom is 0.358 e. The van der Waals surface area contributed by atoms with Gasteiger partial charge >= 0.3 is 11.9 Å². The molecule has 0 fully saturated rings. The first-order valence-electron chi connectivity index (χ1n) is 14.0. The van der Waals surface area contributed by atoms with E-state index in [9.17, 15) is 34.8 Å². The van der Waals surface area contributed by atoms with E-state index in [2.05, 4.69) is 5.32 Å². The van der Waals surface area contributed by atoms with E-state index in [4.69, 9.17) is 14.5 Å². The lowest BCUT2D eigenvalue weighted by Crippen LogP contribution is -2.44. The second kappa shape index (κ2) is 9.33. The van der Waals surface area contributed by atoms with Gasteiger partial charge in [0.25, 0.3) is 5.56 Å². The van der Waals surface area contributed by atoms with Crippen LogP contribution >= 0.6 is 0 Å². The number of ether oxygens (including phenoxy) is 2. The van der Waals surface area contributed by atoms with E-state index in [0.717, 1.165) is 5.56 Å². The molecule has 4 aliphatic rings. The monoisotopic (exact) mass is 593 g/mol. The molecule has 2 aromatic heterocycles. The Bertz CT molecular complexity index is 1880. The number of hydrogen-bond donors (Lipinski definition) is 5. The standard InChI is InChI=1S/C30H28FN3O9/c1-3-30(41)15-6-19-23-13(8-34(19)27(38)14(15)10-42-29(30)40)22-17(32-24-25(37)26(20(36)9-35)43-28(24)39)5-4-12-11(2)16(31)7-18(33-23)21(12)22/h6-7,17,20,26,32,35-37,41H,3-5,8-10H2,1-2H3/t17-,20?,26?,30-/m0/s1. The van der Waals surface area contributed by atoms with Crippen LogP contribution in [0.1, 0.15) is 59.2 Å². The normalized spacial score (nSPS) is 24.4. The van der Waals surface area contributed by atoms with Crippen LogP contribution in [-0.4, -0.2) is 60.7 Å². The highest BCUT2D eigenvalue weighted by Gasteiger charge is 2.46. The summed E-state index contributed by atoms with van der Waals surface area (Å²) < 4.78 is 26.9. The first-order valence-corrected chi connectivity index (χ1v) is 14.0. The van der Waals surface area contributed by atoms with Gasteiger partial charge in [-0.15, -0.1) is 0 Å². The molecule has 0 saturated carbocycles. The number of pyridine rings is 2. The number of nitrogens with one attached hydrogen (secondary N) is 1. The highest BCUT2D eigenvalue weighted by atomic mass is 19.1. The van der Waals surface area contributed by atoms with Crippen molar-refractivity contribution in [2.24, 2.45) is 0 Å². The zero-order chi connectivity index (χ0) is 30.5. The Hall–Kier alpha value is -4.33. The van der Waals surface area contributed by atoms with E-state index >= 15 is 4.39 Å². The molecule has 5 N–H and O–H groups in total. The molecular weight excluding hydrogens is 565 g/mol. The molecule has 0 saturated heterocycles. The summed E-state index contributed by atoms with van der Waals surface area (Å²) in [7, 11) is 0. The summed E-state index contributed by atoms with van der Waals surface area (Å²) in [6, 6.07) is 2.26. The summed E-state index contributed by atoms with van der Waals surface area (Å²) in [5.41, 5.74) is 1.08. The van der Waals surface area contributed by atoms with E-state index in [1.54, 1.807) is 19.9 Å². The SMILES string of the molecule is CC[C@@]1(O)C(=O)OCc2c1cc1n(c2=O)Cc2c-1nc1cc(F)c(C)c3c1c2[C@@H](NC1=C(O)C(C(O)CO)OC1=O)CC3. The van der Waals surface area contributed by atoms with Crippen molar-refractivity contribution in [2.45, 2.75) is 70.1 Å². The van der Waals surface area contributed by atoms with E-state index in [-0.39, 0.29) is 36.4 Å². The molecule has 0 bridgehead atoms. The quantitative estimate of drug-likeness (QED) is 0.210. The van der Waals surface area contributed by atoms with E-state index in [0.29, 0.717) is 51.8 Å². The van der Waals surface area contributed by atoms with Crippen molar-refractivity contribution in [3.63, 3.8) is 0 Å². The fourth-order valence-corrected chi connectivity index (χ4v) is 6.84. The number of hydrogen-bond acceptors (Lipinski definition) is 11. The molecule has 5 heterocycles. The van der Waals surface area contributed by atoms with Crippen LogP contribution in [0.15, 0.2) is 28.4 Å². The molecule has 43 heavy (non-hydrogen) atoms. The fourth-order valence-electron chi connectivity index (χ4n) is 6.84. The number of halogens is 1. The summed E-state index contributed by atoms with van der Waals surface area (Å²) >= 11 is 0. The molecule has 4 atom stereocenters. The number of cyclic esters (lactones) is 2. The van der Waals surface area contributed by atoms with Gasteiger partial charge < -0.3 is 39.8 Å². The topological polar surface area (TPSA) is 180 Å². The van der Waals surface area contributed by atoms with Crippen molar-refractivity contribution < 1.29 is 43.9 Å². The van der Waals surface area contributed by atoms with Crippen molar-refractivity contribution in [2.75, 3.05) is 6.61 Å². The Kier molecular flexibility index (Phi) is 5.97. The minimum absolute atomic E-state index is 0.0223. The van der Waals surface area contributed by atoms with Gasteiger partial charge in [-0.3, -0.25) is 4.79 Å². The van der Waals surface area contributed by atoms with Crippen molar-refractivity contribution >= 4 is 22.8 Å². The maximum absolute atomic E-state index is 15.1. The molecule has 1 aliphatic carbocycles. The predicted molar refractivity (Wildman–Crippen MR) is 146 cm³/mol. The molecule has 3 aromatic rings. The summed E-state index contributed by atoms with van der Waals surface area (Å²) in [5, 5.41) is 45.0. The number of esters is 2. The number of rotatable bonds is 5. The largest absolute Gasteiger partial charge is 0.506 e. The number of nitrogens with zero attached hydrogens (tertiary/aromatic N) is 2. The van der Waals surface area contributed by atoms with Gasteiger partial charge in [-0.1, -0.05) is 6.92 Å². The molecule has 0 spiro atoms. The number of benzene rings is 1. The minimum Gasteiger partial charge on any atom is -0.506 e. The first kappa shape index (κ1) is 27.5. The highest BCUT2D eigenvalue weighted by Crippen LogP contribution is 2.46. The van der Waals surface area contributed by atoms with Gasteiger partial charge in [-0.2, -0.15) is 0 Å². The van der Waals surface area contributed by atoms with Crippen molar-refractivity contribution in [3.8, 4) is 11.4 Å². The Morgan fingerprint density at radius 2 is 2.00 bits per heavy atom. The molecule has 13 heteroatoms. The second-order valence-corrected chi connectivity index (χ2v) is 11.4. The molecule has 0 amide bonds. The Balaban J connectivity index is 1.45. The summed E-state index contributed by atoms with van der Waals surface area (Å²) in [6.45, 7) is 2.33. The molecule has 2 unspecified atom stereocenters. The molecule has 224 valence electrons. The molecular formula is C30H28FN3O9. The summed E-state index contributed by atoms with van der Waals surface area (Å²) in [6.07, 6.45) is -2.19. The van der Waals surface area contributed by atoms with Gasteiger partial charge in [0.05, 0.1) is 41.7 Å². The fraction of sp³-hybridized carbons (Fsp3) is 0.400. The number of aromatic nitrogens is 2. The zero-order valence-electron chi connectivity index (χ0n) is 23.2. The number of aryl methyl sites for hydroxylation is 1. The molecule has 1 aromatic carbocycles. The van der Waals surface area contributed by atoms with Crippen LogP contribution in [0.4, 0.5) is 4.39 Å². The Morgan fingerprint density at radius 3 is 2.72 bits per heavy atom. The number of aliphatic hydroxyl groups is 4. The summed E-state index contributed by atoms with van der Waals surface area (Å²) in [4.78, 5) is 43.8. The highest BCUT2D eigenvalue weighted by molar-refractivity contribution is 5.94. The van der Waals surface area contributed by atoms with Crippen LogP contribution in [0.2, 0.25) is 0 Å². The van der Waals surface area contributed by atoms with Crippen LogP contribution in [0.5, 0.6) is 0 Å². The third-order valence-electron chi connectivity index (χ3n) is 9.20. The number of carbonyl (C=O) groups excluding carboxylic acids is 2.